The molecule has 10 rings (SSSR count). The van der Waals surface area contributed by atoms with Crippen LogP contribution in [-0.2, 0) is 12.4 Å². The molecule has 0 saturated carbocycles. The fourth-order valence-corrected chi connectivity index (χ4v) is 8.94. The molecule has 0 N–H and O–H groups in total. The predicted octanol–water partition coefficient (Wildman–Crippen LogP) is 14.5. The monoisotopic (exact) mass is 847 g/mol. The minimum absolute atomic E-state index is 0.0283. The van der Waals surface area contributed by atoms with Gasteiger partial charge < -0.3 is 9.13 Å². The number of fused-ring (bicyclic) bond motifs is 6. The number of nitriles is 3. The summed E-state index contributed by atoms with van der Waals surface area (Å²) < 4.78 is 96.5. The van der Waals surface area contributed by atoms with E-state index in [4.69, 9.17) is 0 Å². The molecule has 0 unspecified atom stereocenters. The lowest BCUT2D eigenvalue weighted by atomic mass is 9.89. The van der Waals surface area contributed by atoms with Crippen LogP contribution in [0.4, 0.5) is 26.3 Å². The Labute approximate surface area is 360 Å². The van der Waals surface area contributed by atoms with E-state index < -0.39 is 34.6 Å². The highest BCUT2D eigenvalue weighted by Crippen LogP contribution is 2.51. The van der Waals surface area contributed by atoms with Crippen LogP contribution < -0.4 is 0 Å². The molecular weight excluding hydrogens is 821 g/mol. The first-order valence-corrected chi connectivity index (χ1v) is 19.8. The average molecular weight is 848 g/mol. The smallest absolute Gasteiger partial charge is 0.308 e. The first kappa shape index (κ1) is 39.5. The Balaban J connectivity index is 1.43. The number of nitrogens with zero attached hydrogens (tertiary/aromatic N) is 5. The molecule has 0 spiro atoms. The van der Waals surface area contributed by atoms with Gasteiger partial charge in [0, 0.05) is 32.7 Å². The first-order valence-electron chi connectivity index (χ1n) is 19.8. The van der Waals surface area contributed by atoms with Gasteiger partial charge in [0.2, 0.25) is 0 Å². The van der Waals surface area contributed by atoms with Gasteiger partial charge in [0.05, 0.1) is 79.5 Å². The van der Waals surface area contributed by atoms with Crippen molar-refractivity contribution in [3.8, 4) is 63.0 Å². The summed E-state index contributed by atoms with van der Waals surface area (Å²) in [5, 5.41) is 32.8. The van der Waals surface area contributed by atoms with Crippen molar-refractivity contribution in [2.24, 2.45) is 0 Å². The van der Waals surface area contributed by atoms with Gasteiger partial charge in [-0.1, -0.05) is 91.0 Å². The van der Waals surface area contributed by atoms with Crippen LogP contribution in [0.15, 0.2) is 164 Å². The van der Waals surface area contributed by atoms with Gasteiger partial charge in [-0.25, -0.2) is 0 Å². The molecule has 0 radical (unpaired) electrons. The number of hydrogen-bond donors (Lipinski definition) is 0. The van der Waals surface area contributed by atoms with Crippen molar-refractivity contribution in [3.05, 3.63) is 192 Å². The third-order valence-corrected chi connectivity index (χ3v) is 11.6. The fraction of sp³-hybridized carbons (Fsp3) is 0.0377. The molecule has 0 aliphatic heterocycles. The maximum atomic E-state index is 15.5. The van der Waals surface area contributed by atoms with Crippen molar-refractivity contribution in [2.45, 2.75) is 12.4 Å². The molecule has 0 amide bonds. The minimum Gasteiger partial charge on any atom is -0.308 e. The molecule has 11 heteroatoms. The normalized spacial score (nSPS) is 11.9. The fourth-order valence-electron chi connectivity index (χ4n) is 8.94. The van der Waals surface area contributed by atoms with Crippen molar-refractivity contribution in [2.75, 3.05) is 0 Å². The van der Waals surface area contributed by atoms with Crippen LogP contribution in [0.3, 0.4) is 0 Å². The lowest BCUT2D eigenvalue weighted by Gasteiger charge is -2.25. The van der Waals surface area contributed by atoms with E-state index >= 15 is 26.3 Å². The number of alkyl halides is 6. The van der Waals surface area contributed by atoms with Gasteiger partial charge in [-0.3, -0.25) is 0 Å². The number of aromatic nitrogens is 2. The minimum atomic E-state index is -5.27. The summed E-state index contributed by atoms with van der Waals surface area (Å²) in [4.78, 5) is 0. The molecule has 8 aromatic carbocycles. The molecule has 2 aromatic heterocycles. The van der Waals surface area contributed by atoms with Crippen molar-refractivity contribution in [3.63, 3.8) is 0 Å². The van der Waals surface area contributed by atoms with Crippen molar-refractivity contribution < 1.29 is 26.3 Å². The van der Waals surface area contributed by atoms with Gasteiger partial charge in [-0.15, -0.1) is 0 Å². The Morgan fingerprint density at radius 2 is 0.734 bits per heavy atom. The number of rotatable bonds is 5. The van der Waals surface area contributed by atoms with Crippen molar-refractivity contribution in [1.29, 1.82) is 15.8 Å². The van der Waals surface area contributed by atoms with Gasteiger partial charge in [-0.05, 0) is 95.1 Å². The maximum absolute atomic E-state index is 15.5. The lowest BCUT2D eigenvalue weighted by Crippen LogP contribution is -2.16. The second-order valence-corrected chi connectivity index (χ2v) is 15.3. The molecule has 64 heavy (non-hydrogen) atoms. The van der Waals surface area contributed by atoms with E-state index in [1.807, 2.05) is 36.4 Å². The van der Waals surface area contributed by atoms with E-state index in [2.05, 4.69) is 18.2 Å². The summed E-state index contributed by atoms with van der Waals surface area (Å²) in [6.07, 6.45) is -10.5. The van der Waals surface area contributed by atoms with E-state index in [-0.39, 0.29) is 16.9 Å². The molecule has 2 heterocycles. The van der Waals surface area contributed by atoms with E-state index in [1.54, 1.807) is 106 Å². The zero-order valence-electron chi connectivity index (χ0n) is 33.1. The van der Waals surface area contributed by atoms with Gasteiger partial charge in [0.25, 0.3) is 0 Å². The summed E-state index contributed by atoms with van der Waals surface area (Å²) in [6.45, 7) is 0. The van der Waals surface area contributed by atoms with Crippen LogP contribution in [0.1, 0.15) is 27.8 Å². The summed E-state index contributed by atoms with van der Waals surface area (Å²) in [5.41, 5.74) is 0.369. The van der Waals surface area contributed by atoms with E-state index in [1.165, 1.54) is 12.1 Å². The van der Waals surface area contributed by atoms with Gasteiger partial charge in [0.15, 0.2) is 0 Å². The molecule has 0 bridgehead atoms. The highest BCUT2D eigenvalue weighted by Gasteiger charge is 2.43. The number of para-hydroxylation sites is 2. The maximum Gasteiger partial charge on any atom is 0.417 e. The van der Waals surface area contributed by atoms with Crippen LogP contribution in [-0.4, -0.2) is 9.13 Å². The van der Waals surface area contributed by atoms with Gasteiger partial charge in [0.1, 0.15) is 0 Å². The number of benzene rings is 8. The van der Waals surface area contributed by atoms with Gasteiger partial charge in [-0.2, -0.15) is 42.1 Å². The Morgan fingerprint density at radius 1 is 0.344 bits per heavy atom. The molecule has 0 fully saturated rings. The van der Waals surface area contributed by atoms with Crippen LogP contribution in [0.25, 0.3) is 88.4 Å². The SMILES string of the molecule is N#Cc1cccc(-c2ccc3c4ccccc4n(-c4cc(C#N)cc(-n5c6ccccc6c6ccc(-c7cccc(C#N)c7)cc65)c4-c4c(C(F)(F)F)cccc4C(F)(F)F)c3c2)c1. The molecule has 0 atom stereocenters. The second-order valence-electron chi connectivity index (χ2n) is 15.3. The molecular formula is C53H27F6N5. The molecule has 0 aliphatic rings. The standard InChI is InChI=1S/C53H27F6N5/c54-52(55,56)42-14-7-15-43(53(57,58)59)50(42)51-48(63-44-16-3-1-12-38(44)40-20-18-36(26-46(40)63)34-10-5-8-31(22-34)28-60)24-33(30-62)25-49(51)64-45-17-4-2-13-39(45)41-21-19-37(27-47(41)64)35-11-6-9-32(23-35)29-61/h1-27H. The third-order valence-electron chi connectivity index (χ3n) is 11.6. The predicted molar refractivity (Wildman–Crippen MR) is 236 cm³/mol. The second kappa shape index (κ2) is 14.8. The Kier molecular flexibility index (Phi) is 9.14. The Morgan fingerprint density at radius 3 is 1.16 bits per heavy atom. The highest BCUT2D eigenvalue weighted by molar-refractivity contribution is 6.13. The zero-order valence-corrected chi connectivity index (χ0v) is 33.1. The molecule has 0 aliphatic carbocycles. The van der Waals surface area contributed by atoms with Crippen LogP contribution in [0, 0.1) is 34.0 Å². The highest BCUT2D eigenvalue weighted by atomic mass is 19.4. The Bertz CT molecular complexity index is 3470. The quantitative estimate of drug-likeness (QED) is 0.162. The number of hydrogen-bond acceptors (Lipinski definition) is 3. The Hall–Kier alpha value is -8.59. The topological polar surface area (TPSA) is 81.2 Å². The third kappa shape index (κ3) is 6.40. The molecule has 10 aromatic rings. The lowest BCUT2D eigenvalue weighted by molar-refractivity contribution is -0.142. The molecule has 5 nitrogen and oxygen atoms in total. The molecule has 306 valence electrons. The zero-order chi connectivity index (χ0) is 44.5. The van der Waals surface area contributed by atoms with Crippen molar-refractivity contribution >= 4 is 43.6 Å². The van der Waals surface area contributed by atoms with Crippen molar-refractivity contribution in [1.82, 2.24) is 9.13 Å². The largest absolute Gasteiger partial charge is 0.417 e. The summed E-state index contributed by atoms with van der Waals surface area (Å²) in [6, 6.07) is 49.9. The van der Waals surface area contributed by atoms with Crippen LogP contribution in [0.5, 0.6) is 0 Å². The average Bonchev–Trinajstić information content (AvgIpc) is 3.82. The van der Waals surface area contributed by atoms with E-state index in [0.29, 0.717) is 89.1 Å². The van der Waals surface area contributed by atoms with Crippen LogP contribution >= 0.6 is 0 Å². The first-order chi connectivity index (χ1) is 30.9. The molecule has 0 saturated heterocycles. The van der Waals surface area contributed by atoms with E-state index in [9.17, 15) is 15.8 Å². The van der Waals surface area contributed by atoms with Gasteiger partial charge >= 0.3 is 12.4 Å². The van der Waals surface area contributed by atoms with Crippen LogP contribution in [0.2, 0.25) is 0 Å². The van der Waals surface area contributed by atoms with E-state index in [0.717, 1.165) is 6.07 Å². The number of halogens is 6. The summed E-state index contributed by atoms with van der Waals surface area (Å²) in [7, 11) is 0. The summed E-state index contributed by atoms with van der Waals surface area (Å²) >= 11 is 0. The summed E-state index contributed by atoms with van der Waals surface area (Å²) in [5.74, 6) is 0.